The summed E-state index contributed by atoms with van der Waals surface area (Å²) >= 11 is 5.92. The first kappa shape index (κ1) is 18.6. The molecule has 132 valence electrons. The van der Waals surface area contributed by atoms with E-state index in [0.717, 1.165) is 11.1 Å². The van der Waals surface area contributed by atoms with E-state index in [1.165, 1.54) is 7.11 Å². The van der Waals surface area contributed by atoms with E-state index in [1.54, 1.807) is 12.1 Å². The number of carbonyl (C=O) groups is 2. The van der Waals surface area contributed by atoms with Crippen LogP contribution in [0.25, 0.3) is 0 Å². The van der Waals surface area contributed by atoms with Crippen molar-refractivity contribution in [2.24, 2.45) is 0 Å². The van der Waals surface area contributed by atoms with Gasteiger partial charge in [0.25, 0.3) is 0 Å². The summed E-state index contributed by atoms with van der Waals surface area (Å²) in [4.78, 5) is 22.9. The Balaban J connectivity index is 1.70. The van der Waals surface area contributed by atoms with Crippen molar-refractivity contribution < 1.29 is 14.3 Å². The number of hydrogen-bond acceptors (Lipinski definition) is 3. The number of urea groups is 1. The molecule has 0 fully saturated rings. The molecule has 2 rings (SSSR count). The van der Waals surface area contributed by atoms with E-state index in [4.69, 9.17) is 11.6 Å². The molecular formula is C18H20ClN3O3. The van der Waals surface area contributed by atoms with Crippen molar-refractivity contribution in [1.29, 1.82) is 0 Å². The molecule has 0 aliphatic heterocycles. The Morgan fingerprint density at radius 1 is 1.04 bits per heavy atom. The van der Waals surface area contributed by atoms with Gasteiger partial charge in [-0.15, -0.1) is 0 Å². The van der Waals surface area contributed by atoms with Gasteiger partial charge < -0.3 is 15.4 Å². The third-order valence-corrected chi connectivity index (χ3v) is 3.66. The fourth-order valence-corrected chi connectivity index (χ4v) is 2.35. The maximum atomic E-state index is 11.8. The molecule has 2 aromatic rings. The van der Waals surface area contributed by atoms with Gasteiger partial charge >= 0.3 is 12.1 Å². The number of nitrogens with one attached hydrogen (secondary N) is 3. The number of anilines is 1. The Labute approximate surface area is 151 Å². The summed E-state index contributed by atoms with van der Waals surface area (Å²) < 4.78 is 4.52. The molecule has 0 saturated carbocycles. The quantitative estimate of drug-likeness (QED) is 0.736. The summed E-state index contributed by atoms with van der Waals surface area (Å²) in [6.07, 6.45) is 0.187. The highest BCUT2D eigenvalue weighted by atomic mass is 35.5. The number of amides is 3. The van der Waals surface area contributed by atoms with Crippen molar-refractivity contribution in [3.8, 4) is 0 Å². The average Bonchev–Trinajstić information content (AvgIpc) is 2.61. The monoisotopic (exact) mass is 361 g/mol. The van der Waals surface area contributed by atoms with Crippen LogP contribution in [0.15, 0.2) is 48.5 Å². The topological polar surface area (TPSA) is 79.5 Å². The van der Waals surface area contributed by atoms with Gasteiger partial charge in [-0.3, -0.25) is 5.32 Å². The zero-order valence-electron chi connectivity index (χ0n) is 13.8. The highest BCUT2D eigenvalue weighted by Crippen LogP contribution is 2.11. The van der Waals surface area contributed by atoms with Gasteiger partial charge in [0.2, 0.25) is 0 Å². The summed E-state index contributed by atoms with van der Waals surface area (Å²) in [6, 6.07) is 14.4. The minimum absolute atomic E-state index is 0.237. The van der Waals surface area contributed by atoms with Crippen LogP contribution in [0.1, 0.15) is 11.1 Å². The van der Waals surface area contributed by atoms with Gasteiger partial charge in [-0.1, -0.05) is 35.9 Å². The van der Waals surface area contributed by atoms with E-state index in [9.17, 15) is 9.59 Å². The first-order valence-corrected chi connectivity index (χ1v) is 8.14. The number of benzene rings is 2. The number of halogens is 1. The number of methoxy groups -OCH3 is 1. The van der Waals surface area contributed by atoms with Crippen LogP contribution in [0.4, 0.5) is 15.3 Å². The summed E-state index contributed by atoms with van der Waals surface area (Å²) in [5, 5.41) is 8.83. The minimum Gasteiger partial charge on any atom is -0.453 e. The van der Waals surface area contributed by atoms with E-state index in [0.29, 0.717) is 30.2 Å². The molecule has 0 radical (unpaired) electrons. The molecule has 7 heteroatoms. The van der Waals surface area contributed by atoms with Crippen LogP contribution in [0.5, 0.6) is 0 Å². The zero-order valence-corrected chi connectivity index (χ0v) is 14.6. The first-order valence-electron chi connectivity index (χ1n) is 7.77. The maximum absolute atomic E-state index is 11.8. The lowest BCUT2D eigenvalue weighted by Gasteiger charge is -2.09. The molecule has 2 aromatic carbocycles. The van der Waals surface area contributed by atoms with Crippen LogP contribution in [0.3, 0.4) is 0 Å². The van der Waals surface area contributed by atoms with E-state index in [1.807, 2.05) is 36.4 Å². The van der Waals surface area contributed by atoms with Crippen LogP contribution in [-0.4, -0.2) is 25.8 Å². The van der Waals surface area contributed by atoms with Crippen LogP contribution < -0.4 is 16.0 Å². The van der Waals surface area contributed by atoms with Gasteiger partial charge in [-0.2, -0.15) is 0 Å². The molecule has 0 atom stereocenters. The summed E-state index contributed by atoms with van der Waals surface area (Å²) in [6.45, 7) is 0.912. The van der Waals surface area contributed by atoms with Crippen molar-refractivity contribution in [3.05, 3.63) is 64.7 Å². The predicted octanol–water partition coefficient (Wildman–Crippen LogP) is 3.56. The van der Waals surface area contributed by atoms with Gasteiger partial charge in [-0.25, -0.2) is 9.59 Å². The van der Waals surface area contributed by atoms with Crippen LogP contribution in [0.2, 0.25) is 5.02 Å². The lowest BCUT2D eigenvalue weighted by atomic mass is 10.1. The molecule has 3 amide bonds. The fraction of sp³-hybridized carbons (Fsp3) is 0.222. The highest BCUT2D eigenvalue weighted by Gasteiger charge is 2.03. The molecule has 3 N–H and O–H groups in total. The van der Waals surface area contributed by atoms with Crippen LogP contribution in [0, 0.1) is 0 Å². The largest absolute Gasteiger partial charge is 0.453 e. The smallest absolute Gasteiger partial charge is 0.411 e. The SMILES string of the molecule is COC(=O)Nc1ccc(CNC(=O)NCCc2cccc(Cl)c2)cc1. The summed E-state index contributed by atoms with van der Waals surface area (Å²) in [5.41, 5.74) is 2.61. The lowest BCUT2D eigenvalue weighted by molar-refractivity contribution is 0.187. The normalized spacial score (nSPS) is 10.0. The number of hydrogen-bond donors (Lipinski definition) is 3. The first-order chi connectivity index (χ1) is 12.1. The fourth-order valence-electron chi connectivity index (χ4n) is 2.13. The number of carbonyl (C=O) groups excluding carboxylic acids is 2. The molecule has 0 heterocycles. The molecule has 0 saturated heterocycles. The minimum atomic E-state index is -0.523. The van der Waals surface area contributed by atoms with Gasteiger partial charge in [0.15, 0.2) is 0 Å². The molecule has 25 heavy (non-hydrogen) atoms. The Morgan fingerprint density at radius 3 is 2.48 bits per heavy atom. The van der Waals surface area contributed by atoms with Gasteiger partial charge in [-0.05, 0) is 41.8 Å². The zero-order chi connectivity index (χ0) is 18.1. The van der Waals surface area contributed by atoms with E-state index < -0.39 is 6.09 Å². The number of rotatable bonds is 6. The molecule has 0 aliphatic rings. The van der Waals surface area contributed by atoms with Crippen molar-refractivity contribution in [3.63, 3.8) is 0 Å². The lowest BCUT2D eigenvalue weighted by Crippen LogP contribution is -2.36. The molecular weight excluding hydrogens is 342 g/mol. The third kappa shape index (κ3) is 6.73. The highest BCUT2D eigenvalue weighted by molar-refractivity contribution is 6.30. The molecule has 0 spiro atoms. The van der Waals surface area contributed by atoms with Gasteiger partial charge in [0.1, 0.15) is 0 Å². The van der Waals surface area contributed by atoms with E-state index >= 15 is 0 Å². The van der Waals surface area contributed by atoms with Gasteiger partial charge in [0.05, 0.1) is 7.11 Å². The van der Waals surface area contributed by atoms with Crippen molar-refractivity contribution in [2.75, 3.05) is 19.0 Å². The molecule has 0 unspecified atom stereocenters. The second-order valence-corrected chi connectivity index (χ2v) is 5.74. The van der Waals surface area contributed by atoms with Crippen molar-refractivity contribution in [2.45, 2.75) is 13.0 Å². The summed E-state index contributed by atoms with van der Waals surface area (Å²) in [5.74, 6) is 0. The molecule has 0 bridgehead atoms. The molecule has 0 aliphatic carbocycles. The molecule has 6 nitrogen and oxygen atoms in total. The summed E-state index contributed by atoms with van der Waals surface area (Å²) in [7, 11) is 1.30. The molecule has 0 aromatic heterocycles. The Morgan fingerprint density at radius 2 is 1.80 bits per heavy atom. The van der Waals surface area contributed by atoms with E-state index in [-0.39, 0.29) is 6.03 Å². The van der Waals surface area contributed by atoms with E-state index in [2.05, 4.69) is 20.7 Å². The van der Waals surface area contributed by atoms with Gasteiger partial charge in [0, 0.05) is 23.8 Å². The van der Waals surface area contributed by atoms with Crippen LogP contribution in [-0.2, 0) is 17.7 Å². The number of ether oxygens (including phenoxy) is 1. The second-order valence-electron chi connectivity index (χ2n) is 5.30. The Hall–Kier alpha value is -2.73. The van der Waals surface area contributed by atoms with Crippen molar-refractivity contribution >= 4 is 29.4 Å². The Kier molecular flexibility index (Phi) is 7.10. The maximum Gasteiger partial charge on any atom is 0.411 e. The average molecular weight is 362 g/mol. The predicted molar refractivity (Wildman–Crippen MR) is 97.9 cm³/mol. The van der Waals surface area contributed by atoms with Crippen molar-refractivity contribution in [1.82, 2.24) is 10.6 Å². The third-order valence-electron chi connectivity index (χ3n) is 3.43. The standard InChI is InChI=1S/C18H20ClN3O3/c1-25-18(24)22-16-7-5-14(6-8-16)12-21-17(23)20-10-9-13-3-2-4-15(19)11-13/h2-8,11H,9-10,12H2,1H3,(H,22,24)(H2,20,21,23). The van der Waals surface area contributed by atoms with Crippen LogP contribution >= 0.6 is 11.6 Å². The Bertz CT molecular complexity index is 720. The second kappa shape index (κ2) is 9.54.